The molecule has 1 atom stereocenters. The Kier molecular flexibility index (Phi) is 3.74. The number of benzene rings is 2. The summed E-state index contributed by atoms with van der Waals surface area (Å²) in [5.41, 5.74) is 2.15. The summed E-state index contributed by atoms with van der Waals surface area (Å²) >= 11 is 3.42. The lowest BCUT2D eigenvalue weighted by Crippen LogP contribution is -2.37. The molecular formula is C16H14BrNO2. The van der Waals surface area contributed by atoms with E-state index in [0.717, 1.165) is 21.3 Å². The second-order valence-electron chi connectivity index (χ2n) is 4.77. The van der Waals surface area contributed by atoms with E-state index in [0.29, 0.717) is 13.0 Å². The van der Waals surface area contributed by atoms with Gasteiger partial charge >= 0.3 is 0 Å². The highest BCUT2D eigenvalue weighted by Gasteiger charge is 2.28. The van der Waals surface area contributed by atoms with Crippen molar-refractivity contribution in [1.82, 2.24) is 5.32 Å². The van der Waals surface area contributed by atoms with Gasteiger partial charge in [-0.1, -0.05) is 46.3 Å². The Balaban J connectivity index is 1.59. The molecule has 0 bridgehead atoms. The van der Waals surface area contributed by atoms with Gasteiger partial charge in [0.15, 0.2) is 6.10 Å². The van der Waals surface area contributed by atoms with Crippen LogP contribution in [0.1, 0.15) is 11.1 Å². The van der Waals surface area contributed by atoms with E-state index in [1.54, 1.807) is 0 Å². The molecule has 0 aromatic heterocycles. The third-order valence-corrected chi connectivity index (χ3v) is 3.79. The van der Waals surface area contributed by atoms with Crippen LogP contribution in [-0.2, 0) is 17.8 Å². The van der Waals surface area contributed by atoms with E-state index in [4.69, 9.17) is 4.74 Å². The largest absolute Gasteiger partial charge is 0.480 e. The first kappa shape index (κ1) is 13.2. The molecule has 102 valence electrons. The van der Waals surface area contributed by atoms with Gasteiger partial charge in [0.1, 0.15) is 5.75 Å². The zero-order valence-electron chi connectivity index (χ0n) is 10.8. The fourth-order valence-electron chi connectivity index (χ4n) is 2.28. The van der Waals surface area contributed by atoms with Crippen molar-refractivity contribution in [3.63, 3.8) is 0 Å². The average molecular weight is 332 g/mol. The molecule has 1 amide bonds. The molecule has 0 saturated heterocycles. The Labute approximate surface area is 126 Å². The van der Waals surface area contributed by atoms with Gasteiger partial charge in [0.05, 0.1) is 0 Å². The van der Waals surface area contributed by atoms with Crippen LogP contribution >= 0.6 is 15.9 Å². The Morgan fingerprint density at radius 3 is 2.90 bits per heavy atom. The van der Waals surface area contributed by atoms with Crippen molar-refractivity contribution in [3.05, 3.63) is 64.1 Å². The highest BCUT2D eigenvalue weighted by molar-refractivity contribution is 9.10. The smallest absolute Gasteiger partial charge is 0.261 e. The van der Waals surface area contributed by atoms with Gasteiger partial charge < -0.3 is 10.1 Å². The first-order chi connectivity index (χ1) is 9.72. The molecule has 1 N–H and O–H groups in total. The van der Waals surface area contributed by atoms with E-state index >= 15 is 0 Å². The molecule has 3 rings (SSSR count). The number of carbonyl (C=O) groups is 1. The van der Waals surface area contributed by atoms with Crippen molar-refractivity contribution in [2.45, 2.75) is 19.1 Å². The number of halogens is 1. The van der Waals surface area contributed by atoms with Crippen LogP contribution in [0.25, 0.3) is 0 Å². The van der Waals surface area contributed by atoms with Crippen LogP contribution in [-0.4, -0.2) is 12.0 Å². The van der Waals surface area contributed by atoms with E-state index in [1.807, 2.05) is 48.5 Å². The van der Waals surface area contributed by atoms with Crippen molar-refractivity contribution in [3.8, 4) is 5.75 Å². The third-order valence-electron chi connectivity index (χ3n) is 3.30. The second-order valence-corrected chi connectivity index (χ2v) is 5.68. The molecule has 4 heteroatoms. The topological polar surface area (TPSA) is 38.3 Å². The summed E-state index contributed by atoms with van der Waals surface area (Å²) in [5.74, 6) is 0.747. The number of amides is 1. The van der Waals surface area contributed by atoms with Crippen LogP contribution in [0.15, 0.2) is 53.0 Å². The normalized spacial score (nSPS) is 16.4. The third kappa shape index (κ3) is 2.85. The van der Waals surface area contributed by atoms with Crippen LogP contribution < -0.4 is 10.1 Å². The summed E-state index contributed by atoms with van der Waals surface area (Å²) < 4.78 is 6.67. The van der Waals surface area contributed by atoms with E-state index in [2.05, 4.69) is 21.2 Å². The van der Waals surface area contributed by atoms with Crippen molar-refractivity contribution in [1.29, 1.82) is 0 Å². The fraction of sp³-hybridized carbons (Fsp3) is 0.188. The Bertz CT molecular complexity index is 617. The molecule has 0 radical (unpaired) electrons. The van der Waals surface area contributed by atoms with Crippen LogP contribution in [0.5, 0.6) is 5.75 Å². The number of para-hydroxylation sites is 1. The maximum atomic E-state index is 12.1. The van der Waals surface area contributed by atoms with Crippen molar-refractivity contribution < 1.29 is 9.53 Å². The molecule has 0 spiro atoms. The van der Waals surface area contributed by atoms with Crippen LogP contribution in [0.2, 0.25) is 0 Å². The number of carbonyl (C=O) groups excluding carboxylic acids is 1. The van der Waals surface area contributed by atoms with Crippen molar-refractivity contribution in [2.24, 2.45) is 0 Å². The molecular weight excluding hydrogens is 318 g/mol. The van der Waals surface area contributed by atoms with Crippen LogP contribution in [0.3, 0.4) is 0 Å². The molecule has 1 aliphatic rings. The van der Waals surface area contributed by atoms with Gasteiger partial charge in [0.25, 0.3) is 5.91 Å². The molecule has 1 aliphatic heterocycles. The standard InChI is InChI=1S/C16H14BrNO2/c17-13-6-3-4-11(8-13)10-18-16(19)15-9-12-5-1-2-7-14(12)20-15/h1-8,15H,9-10H2,(H,18,19). The number of rotatable bonds is 3. The maximum absolute atomic E-state index is 12.1. The molecule has 1 unspecified atom stereocenters. The molecule has 1 heterocycles. The van der Waals surface area contributed by atoms with Crippen LogP contribution in [0.4, 0.5) is 0 Å². The SMILES string of the molecule is O=C(NCc1cccc(Br)c1)C1Cc2ccccc2O1. The molecule has 3 nitrogen and oxygen atoms in total. The van der Waals surface area contributed by atoms with E-state index in [9.17, 15) is 4.79 Å². The van der Waals surface area contributed by atoms with Crippen molar-refractivity contribution >= 4 is 21.8 Å². The minimum absolute atomic E-state index is 0.0684. The summed E-state index contributed by atoms with van der Waals surface area (Å²) in [5, 5.41) is 2.92. The van der Waals surface area contributed by atoms with Gasteiger partial charge in [-0.15, -0.1) is 0 Å². The van der Waals surface area contributed by atoms with Gasteiger partial charge in [-0.2, -0.15) is 0 Å². The lowest BCUT2D eigenvalue weighted by molar-refractivity contribution is -0.127. The quantitative estimate of drug-likeness (QED) is 0.938. The molecule has 2 aromatic rings. The van der Waals surface area contributed by atoms with E-state index in [1.165, 1.54) is 0 Å². The predicted octanol–water partition coefficient (Wildman–Crippen LogP) is 3.07. The zero-order valence-corrected chi connectivity index (χ0v) is 12.4. The summed E-state index contributed by atoms with van der Waals surface area (Å²) in [7, 11) is 0. The number of hydrogen-bond donors (Lipinski definition) is 1. The molecule has 20 heavy (non-hydrogen) atoms. The predicted molar refractivity (Wildman–Crippen MR) is 80.6 cm³/mol. The zero-order chi connectivity index (χ0) is 13.9. The highest BCUT2D eigenvalue weighted by Crippen LogP contribution is 2.28. The Morgan fingerprint density at radius 1 is 1.25 bits per heavy atom. The summed E-state index contributed by atoms with van der Waals surface area (Å²) in [6.45, 7) is 0.508. The highest BCUT2D eigenvalue weighted by atomic mass is 79.9. The second kappa shape index (κ2) is 5.67. The number of fused-ring (bicyclic) bond motifs is 1. The lowest BCUT2D eigenvalue weighted by Gasteiger charge is -2.11. The van der Waals surface area contributed by atoms with Gasteiger partial charge in [-0.25, -0.2) is 0 Å². The lowest BCUT2D eigenvalue weighted by atomic mass is 10.1. The summed E-state index contributed by atoms with van der Waals surface area (Å²) in [6.07, 6.45) is 0.222. The van der Waals surface area contributed by atoms with Crippen molar-refractivity contribution in [2.75, 3.05) is 0 Å². The number of hydrogen-bond acceptors (Lipinski definition) is 2. The first-order valence-electron chi connectivity index (χ1n) is 6.49. The first-order valence-corrected chi connectivity index (χ1v) is 7.28. The maximum Gasteiger partial charge on any atom is 0.261 e. The van der Waals surface area contributed by atoms with Gasteiger partial charge in [0, 0.05) is 17.4 Å². The number of nitrogens with one attached hydrogen (secondary N) is 1. The Hall–Kier alpha value is -1.81. The molecule has 0 saturated carbocycles. The minimum Gasteiger partial charge on any atom is -0.480 e. The van der Waals surface area contributed by atoms with Gasteiger partial charge in [-0.05, 0) is 29.3 Å². The summed E-state index contributed by atoms with van der Waals surface area (Å²) in [6, 6.07) is 15.7. The monoisotopic (exact) mass is 331 g/mol. The minimum atomic E-state index is -0.417. The fourth-order valence-corrected chi connectivity index (χ4v) is 2.72. The summed E-state index contributed by atoms with van der Waals surface area (Å²) in [4.78, 5) is 12.1. The van der Waals surface area contributed by atoms with Gasteiger partial charge in [-0.3, -0.25) is 4.79 Å². The Morgan fingerprint density at radius 2 is 2.10 bits per heavy atom. The number of ether oxygens (including phenoxy) is 1. The van der Waals surface area contributed by atoms with E-state index in [-0.39, 0.29) is 5.91 Å². The molecule has 2 aromatic carbocycles. The molecule has 0 fully saturated rings. The average Bonchev–Trinajstić information content (AvgIpc) is 2.89. The van der Waals surface area contributed by atoms with Crippen LogP contribution in [0, 0.1) is 0 Å². The van der Waals surface area contributed by atoms with E-state index < -0.39 is 6.10 Å². The van der Waals surface area contributed by atoms with Gasteiger partial charge in [0.2, 0.25) is 0 Å². The molecule has 0 aliphatic carbocycles.